The second-order valence-corrected chi connectivity index (χ2v) is 8.52. The van der Waals surface area contributed by atoms with Crippen molar-refractivity contribution in [2.24, 2.45) is 7.05 Å². The molecule has 32 heavy (non-hydrogen) atoms. The van der Waals surface area contributed by atoms with Gasteiger partial charge in [0.25, 0.3) is 0 Å². The Balaban J connectivity index is 1.58. The van der Waals surface area contributed by atoms with Crippen molar-refractivity contribution in [3.63, 3.8) is 0 Å². The zero-order chi connectivity index (χ0) is 21.4. The molecule has 0 atom stereocenters. The lowest BCUT2D eigenvalue weighted by atomic mass is 9.99. The molecule has 3 heteroatoms. The van der Waals surface area contributed by atoms with Crippen LogP contribution in [-0.4, -0.2) is 0 Å². The quantitative estimate of drug-likeness (QED) is 0.261. The molecule has 4 aromatic carbocycles. The van der Waals surface area contributed by atoms with E-state index < -0.39 is 0 Å². The summed E-state index contributed by atoms with van der Waals surface area (Å²) in [5, 5.41) is 5.71. The molecule has 0 aliphatic carbocycles. The van der Waals surface area contributed by atoms with Crippen molar-refractivity contribution < 1.29 is 13.4 Å². The Morgan fingerprint density at radius 1 is 0.625 bits per heavy atom. The summed E-state index contributed by atoms with van der Waals surface area (Å²) >= 11 is 0. The van der Waals surface area contributed by atoms with Gasteiger partial charge in [0.15, 0.2) is 0 Å². The first-order chi connectivity index (χ1) is 15.7. The summed E-state index contributed by atoms with van der Waals surface area (Å²) in [7, 11) is 2.12. The molecule has 0 aliphatic rings. The molecule has 0 aliphatic heterocycles. The van der Waals surface area contributed by atoms with Crippen molar-refractivity contribution in [2.45, 2.75) is 6.92 Å². The summed E-state index contributed by atoms with van der Waals surface area (Å²) < 4.78 is 14.9. The molecule has 0 saturated carbocycles. The molecular weight excluding hydrogens is 394 g/mol. The second kappa shape index (κ2) is 6.21. The highest BCUT2D eigenvalue weighted by molar-refractivity contribution is 6.16. The summed E-state index contributed by atoms with van der Waals surface area (Å²) in [6, 6.07) is 29.6. The van der Waals surface area contributed by atoms with Gasteiger partial charge in [0, 0.05) is 45.1 Å². The number of hydrogen-bond acceptors (Lipinski definition) is 2. The Labute approximate surface area is 184 Å². The number of rotatable bonds is 1. The summed E-state index contributed by atoms with van der Waals surface area (Å²) in [6.07, 6.45) is 0. The van der Waals surface area contributed by atoms with Crippen molar-refractivity contribution >= 4 is 54.8 Å². The number of pyridine rings is 1. The number of aromatic nitrogens is 1. The molecule has 3 nitrogen and oxygen atoms in total. The molecule has 0 N–H and O–H groups in total. The number of para-hydroxylation sites is 2. The second-order valence-electron chi connectivity index (χ2n) is 8.52. The maximum absolute atomic E-state index is 6.52. The standard InChI is InChI=1S/C29H20NO2/c1-17-11-13-20-22-15-21-19-8-4-6-10-25(19)31-26(21)16-27(22)32-29(20)28(17)24-14-12-18-7-3-5-9-23(18)30(24)2/h3-16H,1-2H3/q+1. The number of hydrogen-bond donors (Lipinski definition) is 0. The Bertz CT molecular complexity index is 1850. The van der Waals surface area contributed by atoms with Crippen molar-refractivity contribution in [2.75, 3.05) is 0 Å². The van der Waals surface area contributed by atoms with E-state index in [1.807, 2.05) is 18.2 Å². The minimum atomic E-state index is 0.849. The molecule has 3 aromatic heterocycles. The van der Waals surface area contributed by atoms with Crippen LogP contribution in [0.2, 0.25) is 0 Å². The third-order valence-electron chi connectivity index (χ3n) is 6.68. The van der Waals surface area contributed by atoms with Crippen LogP contribution in [0.1, 0.15) is 5.56 Å². The van der Waals surface area contributed by atoms with Gasteiger partial charge in [0.1, 0.15) is 29.4 Å². The van der Waals surface area contributed by atoms with Crippen LogP contribution in [0, 0.1) is 6.92 Å². The van der Waals surface area contributed by atoms with E-state index in [-0.39, 0.29) is 0 Å². The fourth-order valence-corrected chi connectivity index (χ4v) is 5.07. The number of aryl methyl sites for hydroxylation is 2. The fraction of sp³-hybridized carbons (Fsp3) is 0.0690. The topological polar surface area (TPSA) is 30.2 Å². The van der Waals surface area contributed by atoms with E-state index in [9.17, 15) is 0 Å². The number of nitrogens with zero attached hydrogens (tertiary/aromatic N) is 1. The van der Waals surface area contributed by atoms with E-state index in [0.717, 1.165) is 55.1 Å². The van der Waals surface area contributed by atoms with Crippen LogP contribution < -0.4 is 4.57 Å². The van der Waals surface area contributed by atoms with Crippen molar-refractivity contribution in [3.8, 4) is 11.3 Å². The van der Waals surface area contributed by atoms with Crippen LogP contribution in [0.5, 0.6) is 0 Å². The van der Waals surface area contributed by atoms with Crippen molar-refractivity contribution in [1.29, 1.82) is 0 Å². The van der Waals surface area contributed by atoms with Gasteiger partial charge in [-0.25, -0.2) is 0 Å². The minimum absolute atomic E-state index is 0.849. The number of furan rings is 2. The van der Waals surface area contributed by atoms with Crippen molar-refractivity contribution in [1.82, 2.24) is 0 Å². The van der Waals surface area contributed by atoms with Gasteiger partial charge in [-0.1, -0.05) is 42.5 Å². The number of benzene rings is 4. The normalized spacial score (nSPS) is 12.1. The van der Waals surface area contributed by atoms with E-state index >= 15 is 0 Å². The van der Waals surface area contributed by atoms with Crippen molar-refractivity contribution in [3.05, 3.63) is 90.5 Å². The summed E-state index contributed by atoms with van der Waals surface area (Å²) in [4.78, 5) is 0. The lowest BCUT2D eigenvalue weighted by Gasteiger charge is -2.07. The van der Waals surface area contributed by atoms with E-state index in [4.69, 9.17) is 8.83 Å². The van der Waals surface area contributed by atoms with Gasteiger partial charge in [-0.3, -0.25) is 0 Å². The monoisotopic (exact) mass is 414 g/mol. The highest BCUT2D eigenvalue weighted by Crippen LogP contribution is 2.40. The van der Waals surface area contributed by atoms with E-state index in [2.05, 4.69) is 85.3 Å². The molecule has 7 rings (SSSR count). The Kier molecular flexibility index (Phi) is 3.41. The maximum Gasteiger partial charge on any atom is 0.216 e. The predicted molar refractivity (Wildman–Crippen MR) is 130 cm³/mol. The molecule has 0 radical (unpaired) electrons. The third-order valence-corrected chi connectivity index (χ3v) is 6.68. The molecular formula is C29H20NO2+. The van der Waals surface area contributed by atoms with Gasteiger partial charge < -0.3 is 8.83 Å². The van der Waals surface area contributed by atoms with Crippen LogP contribution in [0.4, 0.5) is 0 Å². The van der Waals surface area contributed by atoms with Gasteiger partial charge in [0.2, 0.25) is 11.2 Å². The van der Waals surface area contributed by atoms with Gasteiger partial charge in [-0.2, -0.15) is 4.57 Å². The predicted octanol–water partition coefficient (Wildman–Crippen LogP) is 7.44. The molecule has 152 valence electrons. The van der Waals surface area contributed by atoms with Crippen LogP contribution in [0.25, 0.3) is 66.0 Å². The lowest BCUT2D eigenvalue weighted by molar-refractivity contribution is -0.633. The summed E-state index contributed by atoms with van der Waals surface area (Å²) in [5.74, 6) is 0. The Morgan fingerprint density at radius 3 is 2.34 bits per heavy atom. The fourth-order valence-electron chi connectivity index (χ4n) is 5.07. The van der Waals surface area contributed by atoms with Gasteiger partial charge >= 0.3 is 0 Å². The smallest absolute Gasteiger partial charge is 0.216 e. The first kappa shape index (κ1) is 17.6. The first-order valence-electron chi connectivity index (χ1n) is 10.8. The molecule has 0 spiro atoms. The molecule has 0 fully saturated rings. The molecule has 0 unspecified atom stereocenters. The van der Waals surface area contributed by atoms with Gasteiger partial charge in [0.05, 0.1) is 5.56 Å². The van der Waals surface area contributed by atoms with Gasteiger partial charge in [-0.15, -0.1) is 0 Å². The number of fused-ring (bicyclic) bond motifs is 7. The largest absolute Gasteiger partial charge is 0.456 e. The van der Waals surface area contributed by atoms with E-state index in [1.165, 1.54) is 16.5 Å². The lowest BCUT2D eigenvalue weighted by Crippen LogP contribution is -2.32. The van der Waals surface area contributed by atoms with E-state index in [0.29, 0.717) is 0 Å². The molecule has 0 amide bonds. The zero-order valence-electron chi connectivity index (χ0n) is 17.8. The molecule has 0 saturated heterocycles. The van der Waals surface area contributed by atoms with E-state index in [1.54, 1.807) is 0 Å². The van der Waals surface area contributed by atoms with Crippen LogP contribution >= 0.6 is 0 Å². The molecule has 0 bridgehead atoms. The highest BCUT2D eigenvalue weighted by atomic mass is 16.3. The van der Waals surface area contributed by atoms with Crippen LogP contribution in [0.3, 0.4) is 0 Å². The SMILES string of the molecule is Cc1ccc2c(oc3cc4oc5ccccc5c4cc32)c1-c1ccc2ccccc2[n+]1C. The average molecular weight is 414 g/mol. The Hall–Kier alpha value is -4.11. The summed E-state index contributed by atoms with van der Waals surface area (Å²) in [6.45, 7) is 2.15. The summed E-state index contributed by atoms with van der Waals surface area (Å²) in [5.41, 5.74) is 8.18. The molecule has 7 aromatic rings. The zero-order valence-corrected chi connectivity index (χ0v) is 17.8. The first-order valence-corrected chi connectivity index (χ1v) is 10.8. The maximum atomic E-state index is 6.52. The van der Waals surface area contributed by atoms with Crippen LogP contribution in [-0.2, 0) is 7.05 Å². The van der Waals surface area contributed by atoms with Gasteiger partial charge in [-0.05, 0) is 36.8 Å². The van der Waals surface area contributed by atoms with Crippen LogP contribution in [0.15, 0.2) is 93.8 Å². The molecule has 3 heterocycles. The third kappa shape index (κ3) is 2.28. The average Bonchev–Trinajstić information content (AvgIpc) is 3.36. The Morgan fingerprint density at radius 2 is 1.41 bits per heavy atom. The minimum Gasteiger partial charge on any atom is -0.456 e. The highest BCUT2D eigenvalue weighted by Gasteiger charge is 2.22.